The first-order chi connectivity index (χ1) is 8.24. The average Bonchev–Trinajstić information content (AvgIpc) is 2.53. The summed E-state index contributed by atoms with van der Waals surface area (Å²) in [6.07, 6.45) is 10.8. The molecule has 1 N–H and O–H groups in total. The van der Waals surface area contributed by atoms with Crippen LogP contribution in [0.25, 0.3) is 0 Å². The van der Waals surface area contributed by atoms with E-state index in [9.17, 15) is 4.79 Å². The van der Waals surface area contributed by atoms with Crippen molar-refractivity contribution >= 4 is 21.8 Å². The summed E-state index contributed by atoms with van der Waals surface area (Å²) >= 11 is 3.32. The lowest BCUT2D eigenvalue weighted by Gasteiger charge is -2.16. The number of carbonyl (C=O) groups excluding carboxylic acids is 1. The minimum absolute atomic E-state index is 0.0625. The van der Waals surface area contributed by atoms with Crippen LogP contribution in [0.5, 0.6) is 0 Å². The lowest BCUT2D eigenvalue weighted by Crippen LogP contribution is -2.36. The number of aromatic nitrogens is 2. The highest BCUT2D eigenvalue weighted by Gasteiger charge is 2.14. The van der Waals surface area contributed by atoms with E-state index < -0.39 is 0 Å². The zero-order chi connectivity index (χ0) is 12.1. The van der Waals surface area contributed by atoms with Crippen molar-refractivity contribution in [1.29, 1.82) is 0 Å². The van der Waals surface area contributed by atoms with Crippen LogP contribution in [-0.2, 0) is 11.3 Å². The van der Waals surface area contributed by atoms with Crippen LogP contribution in [0, 0.1) is 0 Å². The van der Waals surface area contributed by atoms with Gasteiger partial charge in [-0.25, -0.2) is 0 Å². The Balaban J connectivity index is 1.80. The van der Waals surface area contributed by atoms with E-state index in [4.69, 9.17) is 0 Å². The van der Waals surface area contributed by atoms with Gasteiger partial charge in [0.2, 0.25) is 5.91 Å². The van der Waals surface area contributed by atoms with Crippen molar-refractivity contribution in [1.82, 2.24) is 15.1 Å². The number of rotatable bonds is 3. The van der Waals surface area contributed by atoms with Crippen molar-refractivity contribution in [3.8, 4) is 0 Å². The lowest BCUT2D eigenvalue weighted by atomic mass is 10.1. The lowest BCUT2D eigenvalue weighted by molar-refractivity contribution is -0.122. The molecule has 17 heavy (non-hydrogen) atoms. The van der Waals surface area contributed by atoms with E-state index in [1.54, 1.807) is 10.9 Å². The SMILES string of the molecule is O=C(Cn1cc(Br)cn1)NC1CCCCCC1. The van der Waals surface area contributed by atoms with Crippen LogP contribution in [0.2, 0.25) is 0 Å². The summed E-state index contributed by atoms with van der Waals surface area (Å²) in [5, 5.41) is 7.18. The molecule has 1 aromatic heterocycles. The van der Waals surface area contributed by atoms with Gasteiger partial charge in [0.1, 0.15) is 6.54 Å². The van der Waals surface area contributed by atoms with Crippen LogP contribution in [0.3, 0.4) is 0 Å². The summed E-state index contributed by atoms with van der Waals surface area (Å²) in [5.41, 5.74) is 0. The van der Waals surface area contributed by atoms with Gasteiger partial charge < -0.3 is 5.32 Å². The molecule has 0 saturated heterocycles. The first-order valence-corrected chi connectivity index (χ1v) is 7.00. The average molecular weight is 300 g/mol. The van der Waals surface area contributed by atoms with Gasteiger partial charge in [0.25, 0.3) is 0 Å². The predicted octanol–water partition coefficient (Wildman–Crippen LogP) is 2.48. The Morgan fingerprint density at radius 3 is 2.71 bits per heavy atom. The molecule has 0 radical (unpaired) electrons. The van der Waals surface area contributed by atoms with E-state index in [0.717, 1.165) is 17.3 Å². The number of hydrogen-bond acceptors (Lipinski definition) is 2. The number of amides is 1. The van der Waals surface area contributed by atoms with Crippen LogP contribution in [0.15, 0.2) is 16.9 Å². The molecular formula is C12H18BrN3O. The number of carbonyl (C=O) groups is 1. The molecule has 0 bridgehead atoms. The van der Waals surface area contributed by atoms with Gasteiger partial charge in [-0.05, 0) is 28.8 Å². The van der Waals surface area contributed by atoms with E-state index in [1.165, 1.54) is 25.7 Å². The molecule has 1 aromatic rings. The molecule has 1 saturated carbocycles. The fourth-order valence-corrected chi connectivity index (χ4v) is 2.60. The van der Waals surface area contributed by atoms with E-state index in [0.29, 0.717) is 12.6 Å². The molecule has 0 unspecified atom stereocenters. The Morgan fingerprint density at radius 2 is 2.12 bits per heavy atom. The smallest absolute Gasteiger partial charge is 0.241 e. The van der Waals surface area contributed by atoms with Gasteiger partial charge in [0.05, 0.1) is 10.7 Å². The van der Waals surface area contributed by atoms with Gasteiger partial charge in [-0.15, -0.1) is 0 Å². The summed E-state index contributed by atoms with van der Waals surface area (Å²) in [6.45, 7) is 0.308. The second-order valence-corrected chi connectivity index (χ2v) is 5.53. The molecule has 5 heteroatoms. The molecule has 0 spiro atoms. The monoisotopic (exact) mass is 299 g/mol. The maximum Gasteiger partial charge on any atom is 0.241 e. The minimum Gasteiger partial charge on any atom is -0.352 e. The fourth-order valence-electron chi connectivity index (χ4n) is 2.27. The molecule has 0 aliphatic heterocycles. The maximum absolute atomic E-state index is 11.8. The quantitative estimate of drug-likeness (QED) is 0.872. The molecule has 1 fully saturated rings. The standard InChI is InChI=1S/C12H18BrN3O/c13-10-7-14-16(8-10)9-12(17)15-11-5-3-1-2-4-6-11/h7-8,11H,1-6,9H2,(H,15,17). The molecule has 94 valence electrons. The topological polar surface area (TPSA) is 46.9 Å². The van der Waals surface area contributed by atoms with Gasteiger partial charge in [-0.2, -0.15) is 5.10 Å². The van der Waals surface area contributed by atoms with Crippen LogP contribution in [0.4, 0.5) is 0 Å². The number of hydrogen-bond donors (Lipinski definition) is 1. The van der Waals surface area contributed by atoms with E-state index in [-0.39, 0.29) is 5.91 Å². The highest BCUT2D eigenvalue weighted by Crippen LogP contribution is 2.17. The third kappa shape index (κ3) is 4.15. The first kappa shape index (κ1) is 12.6. The van der Waals surface area contributed by atoms with Gasteiger partial charge in [-0.1, -0.05) is 25.7 Å². The van der Waals surface area contributed by atoms with Crippen molar-refractivity contribution in [2.45, 2.75) is 51.1 Å². The molecular weight excluding hydrogens is 282 g/mol. The van der Waals surface area contributed by atoms with Gasteiger partial charge in [-0.3, -0.25) is 9.48 Å². The molecule has 0 aromatic carbocycles. The van der Waals surface area contributed by atoms with Crippen molar-refractivity contribution in [2.75, 3.05) is 0 Å². The highest BCUT2D eigenvalue weighted by molar-refractivity contribution is 9.10. The molecule has 1 aliphatic carbocycles. The largest absolute Gasteiger partial charge is 0.352 e. The zero-order valence-electron chi connectivity index (χ0n) is 9.86. The maximum atomic E-state index is 11.8. The highest BCUT2D eigenvalue weighted by atomic mass is 79.9. The Morgan fingerprint density at radius 1 is 1.41 bits per heavy atom. The Hall–Kier alpha value is -0.840. The van der Waals surface area contributed by atoms with E-state index >= 15 is 0 Å². The summed E-state index contributed by atoms with van der Waals surface area (Å²) in [4.78, 5) is 11.8. The van der Waals surface area contributed by atoms with Gasteiger partial charge in [0, 0.05) is 12.2 Å². The summed E-state index contributed by atoms with van der Waals surface area (Å²) in [5.74, 6) is 0.0625. The normalized spacial score (nSPS) is 17.7. The van der Waals surface area contributed by atoms with Crippen molar-refractivity contribution in [2.24, 2.45) is 0 Å². The van der Waals surface area contributed by atoms with Crippen molar-refractivity contribution < 1.29 is 4.79 Å². The third-order valence-electron chi connectivity index (χ3n) is 3.13. The number of nitrogens with zero attached hydrogens (tertiary/aromatic N) is 2. The van der Waals surface area contributed by atoms with Crippen molar-refractivity contribution in [3.63, 3.8) is 0 Å². The number of halogens is 1. The first-order valence-electron chi connectivity index (χ1n) is 6.21. The predicted molar refractivity (Wildman–Crippen MR) is 69.6 cm³/mol. The van der Waals surface area contributed by atoms with Crippen LogP contribution < -0.4 is 5.32 Å². The number of nitrogens with one attached hydrogen (secondary N) is 1. The van der Waals surface area contributed by atoms with E-state index in [1.807, 2.05) is 6.20 Å². The Labute approximate surface area is 110 Å². The second-order valence-electron chi connectivity index (χ2n) is 4.61. The summed E-state index contributed by atoms with van der Waals surface area (Å²) < 4.78 is 2.55. The Bertz CT molecular complexity index is 370. The van der Waals surface area contributed by atoms with Crippen LogP contribution in [-0.4, -0.2) is 21.7 Å². The summed E-state index contributed by atoms with van der Waals surface area (Å²) in [7, 11) is 0. The van der Waals surface area contributed by atoms with Crippen LogP contribution >= 0.6 is 15.9 Å². The zero-order valence-corrected chi connectivity index (χ0v) is 11.4. The third-order valence-corrected chi connectivity index (χ3v) is 3.54. The molecule has 2 rings (SSSR count). The molecule has 1 heterocycles. The van der Waals surface area contributed by atoms with Crippen molar-refractivity contribution in [3.05, 3.63) is 16.9 Å². The van der Waals surface area contributed by atoms with Gasteiger partial charge in [0.15, 0.2) is 0 Å². The Kier molecular flexibility index (Phi) is 4.59. The second kappa shape index (κ2) is 6.19. The van der Waals surface area contributed by atoms with Gasteiger partial charge >= 0.3 is 0 Å². The fraction of sp³-hybridized carbons (Fsp3) is 0.667. The molecule has 0 atom stereocenters. The molecule has 1 amide bonds. The minimum atomic E-state index is 0.0625. The molecule has 1 aliphatic rings. The van der Waals surface area contributed by atoms with E-state index in [2.05, 4.69) is 26.3 Å². The summed E-state index contributed by atoms with van der Waals surface area (Å²) in [6, 6.07) is 0.365. The van der Waals surface area contributed by atoms with Crippen LogP contribution in [0.1, 0.15) is 38.5 Å². The molecule has 4 nitrogen and oxygen atoms in total.